The van der Waals surface area contributed by atoms with Crippen LogP contribution < -0.4 is 9.47 Å². The molecule has 0 bridgehead atoms. The van der Waals surface area contributed by atoms with Crippen molar-refractivity contribution in [1.29, 1.82) is 0 Å². The zero-order valence-corrected chi connectivity index (χ0v) is 17.8. The van der Waals surface area contributed by atoms with Crippen LogP contribution in [0.5, 0.6) is 11.5 Å². The van der Waals surface area contributed by atoms with Gasteiger partial charge in [-0.15, -0.1) is 11.3 Å². The summed E-state index contributed by atoms with van der Waals surface area (Å²) in [7, 11) is 1.61. The topological polar surface area (TPSA) is 51.7 Å². The predicted octanol–water partition coefficient (Wildman–Crippen LogP) is 5.17. The van der Waals surface area contributed by atoms with E-state index in [2.05, 4.69) is 18.8 Å². The second-order valence-electron chi connectivity index (χ2n) is 6.75. The van der Waals surface area contributed by atoms with Crippen molar-refractivity contribution in [2.75, 3.05) is 7.11 Å². The molecular weight excluding hydrogens is 384 g/mol. The summed E-state index contributed by atoms with van der Waals surface area (Å²) in [5.41, 5.74) is 1.53. The Morgan fingerprint density at radius 2 is 1.83 bits per heavy atom. The molecule has 5 nitrogen and oxygen atoms in total. The van der Waals surface area contributed by atoms with Gasteiger partial charge in [0.15, 0.2) is 0 Å². The van der Waals surface area contributed by atoms with Crippen LogP contribution in [0.4, 0.5) is 0 Å². The van der Waals surface area contributed by atoms with Gasteiger partial charge in [0.1, 0.15) is 23.1 Å². The average molecular weight is 411 g/mol. The van der Waals surface area contributed by atoms with E-state index in [1.165, 1.54) is 0 Å². The van der Waals surface area contributed by atoms with Crippen LogP contribution in [0.2, 0.25) is 0 Å². The number of nitrogens with zero attached hydrogens (tertiary/aromatic N) is 2. The van der Waals surface area contributed by atoms with E-state index in [-0.39, 0.29) is 11.9 Å². The summed E-state index contributed by atoms with van der Waals surface area (Å²) < 4.78 is 11.0. The molecule has 6 heteroatoms. The highest BCUT2D eigenvalue weighted by atomic mass is 32.1. The Labute approximate surface area is 175 Å². The molecule has 0 aliphatic carbocycles. The lowest BCUT2D eigenvalue weighted by atomic mass is 10.1. The third-order valence-electron chi connectivity index (χ3n) is 4.76. The molecular formula is C23H26N2O3S. The van der Waals surface area contributed by atoms with E-state index in [4.69, 9.17) is 9.47 Å². The molecule has 0 unspecified atom stereocenters. The number of aromatic nitrogens is 1. The van der Waals surface area contributed by atoms with Crippen LogP contribution in [0.25, 0.3) is 0 Å². The predicted molar refractivity (Wildman–Crippen MR) is 116 cm³/mol. The lowest BCUT2D eigenvalue weighted by Crippen LogP contribution is -2.37. The molecule has 1 aromatic heterocycles. The van der Waals surface area contributed by atoms with Gasteiger partial charge in [-0.25, -0.2) is 4.98 Å². The molecule has 29 heavy (non-hydrogen) atoms. The van der Waals surface area contributed by atoms with Gasteiger partial charge in [0.25, 0.3) is 5.91 Å². The third-order valence-corrected chi connectivity index (χ3v) is 5.63. The number of methoxy groups -OCH3 is 1. The van der Waals surface area contributed by atoms with E-state index in [0.717, 1.165) is 28.6 Å². The normalized spacial score (nSPS) is 11.7. The number of rotatable bonds is 9. The Bertz CT molecular complexity index is 909. The average Bonchev–Trinajstić information content (AvgIpc) is 3.23. The largest absolute Gasteiger partial charge is 0.497 e. The second kappa shape index (κ2) is 10.1. The summed E-state index contributed by atoms with van der Waals surface area (Å²) in [6, 6.07) is 17.0. The summed E-state index contributed by atoms with van der Waals surface area (Å²) in [6.45, 7) is 5.04. The van der Waals surface area contributed by atoms with Crippen molar-refractivity contribution in [2.24, 2.45) is 0 Å². The number of carbonyl (C=O) groups is 1. The highest BCUT2D eigenvalue weighted by Gasteiger charge is 2.22. The van der Waals surface area contributed by atoms with Crippen molar-refractivity contribution in [3.05, 3.63) is 76.2 Å². The number of benzene rings is 2. The first-order valence-electron chi connectivity index (χ1n) is 9.66. The Kier molecular flexibility index (Phi) is 7.25. The van der Waals surface area contributed by atoms with Crippen LogP contribution in [0, 0.1) is 0 Å². The minimum absolute atomic E-state index is 0.00270. The molecule has 3 rings (SSSR count). The maximum absolute atomic E-state index is 13.1. The summed E-state index contributed by atoms with van der Waals surface area (Å²) in [5.74, 6) is 1.55. The highest BCUT2D eigenvalue weighted by molar-refractivity contribution is 7.09. The van der Waals surface area contributed by atoms with Crippen molar-refractivity contribution >= 4 is 17.2 Å². The SMILES string of the molecule is CC[C@H](C)N(Cc1csc(COc2ccccc2)n1)C(=O)c1ccc(OC)cc1. The summed E-state index contributed by atoms with van der Waals surface area (Å²) in [6.07, 6.45) is 0.871. The molecule has 152 valence electrons. The summed E-state index contributed by atoms with van der Waals surface area (Å²) in [5, 5.41) is 2.89. The fraction of sp³-hybridized carbons (Fsp3) is 0.304. The van der Waals surface area contributed by atoms with E-state index in [1.807, 2.05) is 52.7 Å². The Morgan fingerprint density at radius 3 is 2.48 bits per heavy atom. The van der Waals surface area contributed by atoms with Gasteiger partial charge in [-0.1, -0.05) is 25.1 Å². The number of amides is 1. The maximum Gasteiger partial charge on any atom is 0.254 e. The van der Waals surface area contributed by atoms with Gasteiger partial charge in [-0.2, -0.15) is 0 Å². The molecule has 0 spiro atoms. The zero-order chi connectivity index (χ0) is 20.6. The standard InChI is InChI=1S/C23H26N2O3S/c1-4-17(2)25(23(26)18-10-12-20(27-3)13-11-18)14-19-16-29-22(24-19)15-28-21-8-6-5-7-9-21/h5-13,16-17H,4,14-15H2,1-3H3/t17-/m0/s1. The molecule has 0 aliphatic heterocycles. The number of para-hydroxylation sites is 1. The van der Waals surface area contributed by atoms with Gasteiger partial charge in [0.05, 0.1) is 19.3 Å². The Hall–Kier alpha value is -2.86. The van der Waals surface area contributed by atoms with E-state index in [9.17, 15) is 4.79 Å². The molecule has 2 aromatic carbocycles. The monoisotopic (exact) mass is 410 g/mol. The third kappa shape index (κ3) is 5.57. The first kappa shape index (κ1) is 20.9. The molecule has 1 atom stereocenters. The fourth-order valence-corrected chi connectivity index (χ4v) is 3.57. The highest BCUT2D eigenvalue weighted by Crippen LogP contribution is 2.20. The molecule has 0 N–H and O–H groups in total. The molecule has 1 amide bonds. The molecule has 0 saturated heterocycles. The lowest BCUT2D eigenvalue weighted by molar-refractivity contribution is 0.0669. The van der Waals surface area contributed by atoms with Gasteiger partial charge in [0.2, 0.25) is 0 Å². The summed E-state index contributed by atoms with van der Waals surface area (Å²) >= 11 is 1.55. The van der Waals surface area contributed by atoms with Crippen LogP contribution in [-0.2, 0) is 13.2 Å². The van der Waals surface area contributed by atoms with Crippen LogP contribution in [0.3, 0.4) is 0 Å². The van der Waals surface area contributed by atoms with Crippen LogP contribution in [-0.4, -0.2) is 28.9 Å². The maximum atomic E-state index is 13.1. The lowest BCUT2D eigenvalue weighted by Gasteiger charge is -2.28. The van der Waals surface area contributed by atoms with Crippen LogP contribution in [0.1, 0.15) is 41.3 Å². The minimum atomic E-state index is -0.00270. The van der Waals surface area contributed by atoms with Gasteiger partial charge in [-0.05, 0) is 49.7 Å². The smallest absolute Gasteiger partial charge is 0.254 e. The first-order valence-corrected chi connectivity index (χ1v) is 10.5. The van der Waals surface area contributed by atoms with Crippen molar-refractivity contribution in [2.45, 2.75) is 39.5 Å². The number of carbonyl (C=O) groups excluding carboxylic acids is 1. The molecule has 0 aliphatic rings. The van der Waals surface area contributed by atoms with E-state index in [1.54, 1.807) is 30.6 Å². The van der Waals surface area contributed by atoms with Gasteiger partial charge in [-0.3, -0.25) is 4.79 Å². The van der Waals surface area contributed by atoms with Crippen LogP contribution >= 0.6 is 11.3 Å². The quantitative estimate of drug-likeness (QED) is 0.488. The van der Waals surface area contributed by atoms with Crippen LogP contribution in [0.15, 0.2) is 60.0 Å². The van der Waals surface area contributed by atoms with Crippen molar-refractivity contribution in [1.82, 2.24) is 9.88 Å². The number of hydrogen-bond donors (Lipinski definition) is 0. The summed E-state index contributed by atoms with van der Waals surface area (Å²) in [4.78, 5) is 19.6. The molecule has 0 radical (unpaired) electrons. The first-order chi connectivity index (χ1) is 14.1. The van der Waals surface area contributed by atoms with Crippen molar-refractivity contribution < 1.29 is 14.3 Å². The zero-order valence-electron chi connectivity index (χ0n) is 17.0. The van der Waals surface area contributed by atoms with E-state index in [0.29, 0.717) is 18.7 Å². The van der Waals surface area contributed by atoms with Gasteiger partial charge < -0.3 is 14.4 Å². The minimum Gasteiger partial charge on any atom is -0.497 e. The van der Waals surface area contributed by atoms with E-state index >= 15 is 0 Å². The van der Waals surface area contributed by atoms with Crippen molar-refractivity contribution in [3.8, 4) is 11.5 Å². The molecule has 3 aromatic rings. The van der Waals surface area contributed by atoms with Crippen molar-refractivity contribution in [3.63, 3.8) is 0 Å². The second-order valence-corrected chi connectivity index (χ2v) is 7.70. The van der Waals surface area contributed by atoms with Gasteiger partial charge >= 0.3 is 0 Å². The Balaban J connectivity index is 1.68. The number of ether oxygens (including phenoxy) is 2. The van der Waals surface area contributed by atoms with E-state index < -0.39 is 0 Å². The molecule has 1 heterocycles. The molecule has 0 fully saturated rings. The fourth-order valence-electron chi connectivity index (χ4n) is 2.87. The number of hydrogen-bond acceptors (Lipinski definition) is 5. The molecule has 0 saturated carbocycles. The Morgan fingerprint density at radius 1 is 1.10 bits per heavy atom. The number of thiazole rings is 1. The van der Waals surface area contributed by atoms with Gasteiger partial charge in [0, 0.05) is 17.0 Å².